The zero-order valence-corrected chi connectivity index (χ0v) is 36.6. The summed E-state index contributed by atoms with van der Waals surface area (Å²) in [4.78, 5) is 16.0. The maximum Gasteiger partial charge on any atom is 0.161 e. The first kappa shape index (κ1) is 38.0. The molecule has 13 rings (SSSR count). The van der Waals surface area contributed by atoms with Gasteiger partial charge in [-0.3, -0.25) is 0 Å². The van der Waals surface area contributed by atoms with E-state index in [0.717, 1.165) is 88.9 Å². The predicted octanol–water partition coefficient (Wildman–Crippen LogP) is 15.9. The molecule has 310 valence electrons. The van der Waals surface area contributed by atoms with Gasteiger partial charge in [-0.2, -0.15) is 0 Å². The molecule has 0 N–H and O–H groups in total. The summed E-state index contributed by atoms with van der Waals surface area (Å²) in [5.41, 5.74) is 18.8. The van der Waals surface area contributed by atoms with Gasteiger partial charge >= 0.3 is 0 Å². The van der Waals surface area contributed by atoms with Crippen molar-refractivity contribution in [3.63, 3.8) is 0 Å². The Morgan fingerprint density at radius 3 is 1.73 bits per heavy atom. The van der Waals surface area contributed by atoms with Crippen LogP contribution >= 0.6 is 0 Å². The first-order valence-electron chi connectivity index (χ1n) is 22.7. The lowest BCUT2D eigenvalue weighted by atomic mass is 9.82. The molecule has 9 aromatic carbocycles. The maximum absolute atomic E-state index is 5.39. The highest BCUT2D eigenvalue weighted by atomic mass is 15.0. The second-order valence-corrected chi connectivity index (χ2v) is 17.9. The summed E-state index contributed by atoms with van der Waals surface area (Å²) in [5.74, 6) is 0.701. The Labute approximate surface area is 383 Å². The highest BCUT2D eigenvalue weighted by Crippen LogP contribution is 2.50. The summed E-state index contributed by atoms with van der Waals surface area (Å²) in [7, 11) is 0. The van der Waals surface area contributed by atoms with E-state index in [2.05, 4.69) is 237 Å². The summed E-state index contributed by atoms with van der Waals surface area (Å²) in [6, 6.07) is 78.2. The Kier molecular flexibility index (Phi) is 8.53. The fourth-order valence-electron chi connectivity index (χ4n) is 10.6. The third kappa shape index (κ3) is 5.88. The zero-order valence-electron chi connectivity index (χ0n) is 36.6. The Morgan fingerprint density at radius 1 is 0.379 bits per heavy atom. The molecule has 0 atom stereocenters. The number of fused-ring (bicyclic) bond motifs is 9. The first-order valence-corrected chi connectivity index (χ1v) is 22.7. The van der Waals surface area contributed by atoms with Crippen LogP contribution in [-0.2, 0) is 5.41 Å². The quantitative estimate of drug-likeness (QED) is 0.167. The van der Waals surface area contributed by atoms with Crippen LogP contribution in [-0.4, -0.2) is 19.5 Å². The van der Waals surface area contributed by atoms with Crippen molar-refractivity contribution in [3.8, 4) is 73.1 Å². The van der Waals surface area contributed by atoms with Gasteiger partial charge in [-0.25, -0.2) is 15.0 Å². The largest absolute Gasteiger partial charge is 0.307 e. The van der Waals surface area contributed by atoms with Gasteiger partial charge in [-0.15, -0.1) is 0 Å². The Morgan fingerprint density at radius 2 is 0.955 bits per heavy atom. The minimum absolute atomic E-state index is 0.0682. The van der Waals surface area contributed by atoms with Crippen molar-refractivity contribution in [2.45, 2.75) is 19.3 Å². The van der Waals surface area contributed by atoms with Gasteiger partial charge in [0, 0.05) is 49.5 Å². The van der Waals surface area contributed by atoms with E-state index in [4.69, 9.17) is 15.0 Å². The summed E-state index contributed by atoms with van der Waals surface area (Å²) in [5, 5.41) is 5.83. The minimum Gasteiger partial charge on any atom is -0.307 e. The van der Waals surface area contributed by atoms with Gasteiger partial charge in [-0.05, 0) is 86.6 Å². The number of hydrogen-bond donors (Lipinski definition) is 0. The first-order chi connectivity index (χ1) is 32.5. The molecular weight excluding hydrogens is 801 g/mol. The minimum atomic E-state index is -0.0682. The van der Waals surface area contributed by atoms with Crippen molar-refractivity contribution >= 4 is 43.5 Å². The van der Waals surface area contributed by atoms with Gasteiger partial charge < -0.3 is 4.57 Å². The summed E-state index contributed by atoms with van der Waals surface area (Å²) < 4.78 is 2.40. The summed E-state index contributed by atoms with van der Waals surface area (Å²) in [6.07, 6.45) is 0. The fraction of sp³-hybridized carbons (Fsp3) is 0.0484. The van der Waals surface area contributed by atoms with Gasteiger partial charge in [0.1, 0.15) is 0 Å². The molecule has 0 unspecified atom stereocenters. The Balaban J connectivity index is 0.949. The molecule has 0 spiro atoms. The summed E-state index contributed by atoms with van der Waals surface area (Å²) in [6.45, 7) is 4.65. The van der Waals surface area contributed by atoms with Crippen molar-refractivity contribution in [2.75, 3.05) is 0 Å². The number of nitrogens with zero attached hydrogens (tertiary/aromatic N) is 4. The van der Waals surface area contributed by atoms with Crippen LogP contribution in [0.3, 0.4) is 0 Å². The molecule has 3 aromatic heterocycles. The molecule has 0 bridgehead atoms. The third-order valence-corrected chi connectivity index (χ3v) is 13.8. The maximum atomic E-state index is 5.39. The molecule has 1 aliphatic rings. The number of benzene rings is 9. The lowest BCUT2D eigenvalue weighted by Crippen LogP contribution is -2.14. The van der Waals surface area contributed by atoms with E-state index >= 15 is 0 Å². The van der Waals surface area contributed by atoms with Crippen molar-refractivity contribution < 1.29 is 0 Å². The lowest BCUT2D eigenvalue weighted by Gasteiger charge is -2.21. The molecule has 1 aliphatic carbocycles. The molecule has 0 amide bonds. The van der Waals surface area contributed by atoms with Crippen molar-refractivity contribution in [3.05, 3.63) is 230 Å². The molecule has 0 saturated carbocycles. The van der Waals surface area contributed by atoms with Crippen LogP contribution in [0.5, 0.6) is 0 Å². The second-order valence-electron chi connectivity index (χ2n) is 17.9. The normalized spacial score (nSPS) is 12.8. The van der Waals surface area contributed by atoms with Crippen LogP contribution in [0.4, 0.5) is 0 Å². The van der Waals surface area contributed by atoms with Gasteiger partial charge in [0.15, 0.2) is 5.82 Å². The third-order valence-electron chi connectivity index (χ3n) is 13.8. The van der Waals surface area contributed by atoms with Crippen LogP contribution in [0.2, 0.25) is 0 Å². The van der Waals surface area contributed by atoms with Crippen LogP contribution in [0.15, 0.2) is 218 Å². The van der Waals surface area contributed by atoms with Gasteiger partial charge in [0.2, 0.25) is 0 Å². The number of para-hydroxylation sites is 2. The molecule has 66 heavy (non-hydrogen) atoms. The van der Waals surface area contributed by atoms with Crippen molar-refractivity contribution in [1.29, 1.82) is 0 Å². The second kappa shape index (κ2) is 14.8. The Hall–Kier alpha value is -8.47. The number of pyridine rings is 1. The SMILES string of the molecule is CC1(C)c2ccccc2-c2cc(-c3cc(-c4ccccc4)nc(-c4ccc(-c5ccc(-n6c7ccccc7c7c8ccccc8nc(-c8ccccc8)c76)cc5)c5ccccc45)n3)ccc21. The molecule has 0 radical (unpaired) electrons. The van der Waals surface area contributed by atoms with E-state index < -0.39 is 0 Å². The van der Waals surface area contributed by atoms with Crippen LogP contribution in [0.1, 0.15) is 25.0 Å². The Bertz CT molecular complexity index is 3880. The standard InChI is InChI=1S/C62H42N4/c1-62(2)52-26-14-11-23-47(52)51-37-42(31-36-53(51)62)56-38-55(40-17-5-3-6-18-40)64-61(65-56)48-35-34-44(45-21-9-10-22-46(45)48)39-29-32-43(33-30-39)66-57-28-16-13-25-50(57)58-49-24-12-15-27-54(49)63-59(60(58)66)41-19-7-4-8-20-41/h3-38H,1-2H3. The van der Waals surface area contributed by atoms with E-state index in [-0.39, 0.29) is 5.41 Å². The van der Waals surface area contributed by atoms with Crippen molar-refractivity contribution in [1.82, 2.24) is 19.5 Å². The molecule has 0 saturated heterocycles. The molecular formula is C62H42N4. The monoisotopic (exact) mass is 842 g/mol. The van der Waals surface area contributed by atoms with E-state index in [0.29, 0.717) is 5.82 Å². The van der Waals surface area contributed by atoms with Gasteiger partial charge in [0.25, 0.3) is 0 Å². The molecule has 0 fully saturated rings. The smallest absolute Gasteiger partial charge is 0.161 e. The average Bonchev–Trinajstić information content (AvgIpc) is 3.85. The van der Waals surface area contributed by atoms with Crippen LogP contribution in [0.25, 0.3) is 117 Å². The van der Waals surface area contributed by atoms with Gasteiger partial charge in [-0.1, -0.05) is 190 Å². The fourth-order valence-corrected chi connectivity index (χ4v) is 10.6. The van der Waals surface area contributed by atoms with Crippen molar-refractivity contribution in [2.24, 2.45) is 0 Å². The molecule has 4 nitrogen and oxygen atoms in total. The lowest BCUT2D eigenvalue weighted by molar-refractivity contribution is 0.660. The zero-order chi connectivity index (χ0) is 43.9. The summed E-state index contributed by atoms with van der Waals surface area (Å²) >= 11 is 0. The highest BCUT2D eigenvalue weighted by molar-refractivity contribution is 6.23. The van der Waals surface area contributed by atoms with E-state index in [1.807, 2.05) is 0 Å². The van der Waals surface area contributed by atoms with E-state index in [9.17, 15) is 0 Å². The molecule has 3 heterocycles. The molecule has 12 aromatic rings. The number of rotatable bonds is 6. The van der Waals surface area contributed by atoms with E-state index in [1.54, 1.807) is 0 Å². The molecule has 4 heteroatoms. The topological polar surface area (TPSA) is 43.6 Å². The molecule has 0 aliphatic heterocycles. The predicted molar refractivity (Wildman–Crippen MR) is 274 cm³/mol. The number of aromatic nitrogens is 4. The van der Waals surface area contributed by atoms with Crippen LogP contribution < -0.4 is 0 Å². The highest BCUT2D eigenvalue weighted by Gasteiger charge is 2.35. The van der Waals surface area contributed by atoms with E-state index in [1.165, 1.54) is 33.0 Å². The average molecular weight is 843 g/mol. The van der Waals surface area contributed by atoms with Gasteiger partial charge in [0.05, 0.1) is 33.6 Å². The number of hydrogen-bond acceptors (Lipinski definition) is 3. The van der Waals surface area contributed by atoms with Crippen LogP contribution in [0, 0.1) is 0 Å².